The van der Waals surface area contributed by atoms with Gasteiger partial charge in [0.05, 0.1) is 18.8 Å². The summed E-state index contributed by atoms with van der Waals surface area (Å²) < 4.78 is 0. The number of carbonyl (C=O) groups is 1. The molecule has 2 unspecified atom stereocenters. The molecule has 0 aliphatic heterocycles. The number of aliphatic hydroxyl groups is 2. The lowest BCUT2D eigenvalue weighted by molar-refractivity contribution is -0.123. The predicted molar refractivity (Wildman–Crippen MR) is 266 cm³/mol. The molecule has 0 heterocycles. The van der Waals surface area contributed by atoms with Crippen molar-refractivity contribution in [2.24, 2.45) is 0 Å². The van der Waals surface area contributed by atoms with Crippen molar-refractivity contribution in [3.63, 3.8) is 0 Å². The maximum Gasteiger partial charge on any atom is 0.220 e. The zero-order chi connectivity index (χ0) is 43.5. The molecule has 0 aromatic heterocycles. The van der Waals surface area contributed by atoms with Gasteiger partial charge in [-0.15, -0.1) is 0 Å². The Hall–Kier alpha value is -3.21. The summed E-state index contributed by atoms with van der Waals surface area (Å²) in [5.41, 5.74) is 0. The van der Waals surface area contributed by atoms with E-state index in [9.17, 15) is 15.0 Å². The predicted octanol–water partition coefficient (Wildman–Crippen LogP) is 16.1. The average molecular weight is 828 g/mol. The minimum atomic E-state index is -0.882. The van der Waals surface area contributed by atoms with E-state index >= 15 is 0 Å². The monoisotopic (exact) mass is 828 g/mol. The lowest BCUT2D eigenvalue weighted by atomic mass is 10.0. The molecule has 4 heteroatoms. The van der Waals surface area contributed by atoms with E-state index in [0.717, 1.165) is 103 Å². The van der Waals surface area contributed by atoms with E-state index in [-0.39, 0.29) is 12.5 Å². The molecule has 1 amide bonds. The molecule has 60 heavy (non-hydrogen) atoms. The van der Waals surface area contributed by atoms with Gasteiger partial charge in [-0.1, -0.05) is 225 Å². The van der Waals surface area contributed by atoms with E-state index in [1.807, 2.05) is 6.08 Å². The van der Waals surface area contributed by atoms with Crippen LogP contribution in [0.5, 0.6) is 0 Å². The summed E-state index contributed by atoms with van der Waals surface area (Å²) in [4.78, 5) is 12.4. The van der Waals surface area contributed by atoms with Crippen LogP contribution in [-0.4, -0.2) is 34.9 Å². The zero-order valence-corrected chi connectivity index (χ0v) is 38.9. The maximum atomic E-state index is 12.4. The van der Waals surface area contributed by atoms with Gasteiger partial charge < -0.3 is 15.5 Å². The highest BCUT2D eigenvalue weighted by atomic mass is 16.3. The minimum Gasteiger partial charge on any atom is -0.394 e. The fourth-order valence-corrected chi connectivity index (χ4v) is 6.68. The molecule has 0 radical (unpaired) electrons. The lowest BCUT2D eigenvalue weighted by Crippen LogP contribution is -2.45. The molecule has 0 aliphatic rings. The van der Waals surface area contributed by atoms with Gasteiger partial charge in [0, 0.05) is 6.42 Å². The number of unbranched alkanes of at least 4 members (excludes halogenated alkanes) is 18. The first kappa shape index (κ1) is 56.8. The highest BCUT2D eigenvalue weighted by Gasteiger charge is 2.17. The van der Waals surface area contributed by atoms with Crippen LogP contribution in [0, 0.1) is 0 Å². The second kappa shape index (κ2) is 50.1. The normalized spacial score (nSPS) is 14.0. The highest BCUT2D eigenvalue weighted by Crippen LogP contribution is 2.13. The van der Waals surface area contributed by atoms with Crippen LogP contribution in [0.1, 0.15) is 206 Å². The van der Waals surface area contributed by atoms with Crippen molar-refractivity contribution in [2.75, 3.05) is 6.61 Å². The Morgan fingerprint density at radius 1 is 0.417 bits per heavy atom. The molecule has 340 valence electrons. The van der Waals surface area contributed by atoms with Crippen LogP contribution in [0.25, 0.3) is 0 Å². The van der Waals surface area contributed by atoms with Crippen LogP contribution < -0.4 is 5.32 Å². The highest BCUT2D eigenvalue weighted by molar-refractivity contribution is 5.76. The SMILES string of the molecule is CC/C=C\C/C=C\C/C=C\C/C=C\C/C=C\C/C=C\C/C=C\C/C=C\CCCCCCC(=O)NC(CO)C(O)/C=C/CC/C=C/CCCCCCCCCCCCCCC. The van der Waals surface area contributed by atoms with Gasteiger partial charge in [0.25, 0.3) is 0 Å². The smallest absolute Gasteiger partial charge is 0.220 e. The molecule has 0 aromatic carbocycles. The van der Waals surface area contributed by atoms with Gasteiger partial charge in [-0.3, -0.25) is 4.79 Å². The number of aliphatic hydroxyl groups excluding tert-OH is 2. The molecule has 0 saturated carbocycles. The van der Waals surface area contributed by atoms with Crippen molar-refractivity contribution in [2.45, 2.75) is 219 Å². The second-order valence-corrected chi connectivity index (χ2v) is 16.1. The Bertz CT molecular complexity index is 1210. The van der Waals surface area contributed by atoms with E-state index < -0.39 is 12.1 Å². The molecular weight excluding hydrogens is 735 g/mol. The van der Waals surface area contributed by atoms with Crippen LogP contribution >= 0.6 is 0 Å². The fraction of sp³-hybridized carbons (Fsp3) is 0.625. The van der Waals surface area contributed by atoms with Gasteiger partial charge in [-0.25, -0.2) is 0 Å². The first-order chi connectivity index (χ1) is 29.7. The van der Waals surface area contributed by atoms with Gasteiger partial charge in [-0.05, 0) is 96.3 Å². The molecule has 0 saturated heterocycles. The van der Waals surface area contributed by atoms with Gasteiger partial charge >= 0.3 is 0 Å². The quantitative estimate of drug-likeness (QED) is 0.0424. The number of rotatable bonds is 43. The Morgan fingerprint density at radius 2 is 0.750 bits per heavy atom. The largest absolute Gasteiger partial charge is 0.394 e. The van der Waals surface area contributed by atoms with Crippen LogP contribution in [0.15, 0.2) is 122 Å². The molecule has 2 atom stereocenters. The molecule has 3 N–H and O–H groups in total. The Kier molecular flexibility index (Phi) is 47.5. The number of carbonyl (C=O) groups excluding carboxylic acids is 1. The topological polar surface area (TPSA) is 69.6 Å². The summed E-state index contributed by atoms with van der Waals surface area (Å²) in [6.45, 7) is 4.16. The second-order valence-electron chi connectivity index (χ2n) is 16.1. The van der Waals surface area contributed by atoms with Crippen LogP contribution in [-0.2, 0) is 4.79 Å². The van der Waals surface area contributed by atoms with E-state index in [1.165, 1.54) is 83.5 Å². The summed E-state index contributed by atoms with van der Waals surface area (Å²) in [5.74, 6) is -0.103. The summed E-state index contributed by atoms with van der Waals surface area (Å²) in [6, 6.07) is -0.662. The third kappa shape index (κ3) is 45.9. The summed E-state index contributed by atoms with van der Waals surface area (Å²) >= 11 is 0. The molecule has 0 aromatic rings. The Morgan fingerprint density at radius 3 is 1.17 bits per heavy atom. The number of allylic oxidation sites excluding steroid dienone is 19. The Balaban J connectivity index is 3.73. The van der Waals surface area contributed by atoms with Gasteiger partial charge in [0.2, 0.25) is 5.91 Å². The van der Waals surface area contributed by atoms with Crippen molar-refractivity contribution in [3.8, 4) is 0 Å². The van der Waals surface area contributed by atoms with E-state index in [1.54, 1.807) is 6.08 Å². The minimum absolute atomic E-state index is 0.103. The summed E-state index contributed by atoms with van der Waals surface area (Å²) in [5, 5.41) is 23.0. The zero-order valence-electron chi connectivity index (χ0n) is 38.9. The standard InChI is InChI=1S/C56H93NO3/c1-3-5-7-9-11-13-15-17-19-21-23-24-25-26-27-28-29-30-31-32-34-36-38-40-42-44-46-48-50-52-56(60)57-54(53-58)55(59)51-49-47-45-43-41-39-37-35-33-22-20-18-16-14-12-10-8-6-4-2/h5,7,11,13,17,19,23-24,26-27,29-30,32,34,38,40-41,43,49,51,54-55,58-59H,3-4,6,8-10,12,14-16,18,20-22,25,28,31,33,35-37,39,42,44-48,50,52-53H2,1-2H3,(H,57,60)/b7-5-,13-11-,19-17-,24-23-,27-26-,30-29-,34-32-,40-38-,43-41+,51-49+. The van der Waals surface area contributed by atoms with Crippen LogP contribution in [0.4, 0.5) is 0 Å². The fourth-order valence-electron chi connectivity index (χ4n) is 6.68. The number of hydrogen-bond donors (Lipinski definition) is 3. The molecule has 0 bridgehead atoms. The first-order valence-electron chi connectivity index (χ1n) is 24.7. The van der Waals surface area contributed by atoms with Crippen LogP contribution in [0.3, 0.4) is 0 Å². The molecule has 0 fully saturated rings. The van der Waals surface area contributed by atoms with E-state index in [4.69, 9.17) is 0 Å². The van der Waals surface area contributed by atoms with Crippen molar-refractivity contribution < 1.29 is 15.0 Å². The van der Waals surface area contributed by atoms with Crippen molar-refractivity contribution >= 4 is 5.91 Å². The third-order valence-electron chi connectivity index (χ3n) is 10.4. The molecule has 4 nitrogen and oxygen atoms in total. The van der Waals surface area contributed by atoms with Crippen LogP contribution in [0.2, 0.25) is 0 Å². The Labute approximate surface area is 371 Å². The lowest BCUT2D eigenvalue weighted by Gasteiger charge is -2.19. The number of hydrogen-bond acceptors (Lipinski definition) is 3. The van der Waals surface area contributed by atoms with Gasteiger partial charge in [-0.2, -0.15) is 0 Å². The summed E-state index contributed by atoms with van der Waals surface area (Å²) in [6.07, 6.45) is 77.5. The number of amides is 1. The van der Waals surface area contributed by atoms with Gasteiger partial charge in [0.15, 0.2) is 0 Å². The van der Waals surface area contributed by atoms with Gasteiger partial charge in [0.1, 0.15) is 0 Å². The number of nitrogens with one attached hydrogen (secondary N) is 1. The summed E-state index contributed by atoms with van der Waals surface area (Å²) in [7, 11) is 0. The maximum absolute atomic E-state index is 12.4. The molecule has 0 aliphatic carbocycles. The molecular formula is C56H93NO3. The van der Waals surface area contributed by atoms with E-state index in [2.05, 4.69) is 129 Å². The van der Waals surface area contributed by atoms with Crippen molar-refractivity contribution in [3.05, 3.63) is 122 Å². The van der Waals surface area contributed by atoms with Crippen molar-refractivity contribution in [1.82, 2.24) is 5.32 Å². The van der Waals surface area contributed by atoms with E-state index in [0.29, 0.717) is 6.42 Å². The van der Waals surface area contributed by atoms with Crippen molar-refractivity contribution in [1.29, 1.82) is 0 Å². The molecule has 0 spiro atoms. The molecule has 0 rings (SSSR count). The average Bonchev–Trinajstić information content (AvgIpc) is 3.25. The third-order valence-corrected chi connectivity index (χ3v) is 10.4. The first-order valence-corrected chi connectivity index (χ1v) is 24.7.